The molecule has 3 N–H and O–H groups in total. The maximum absolute atomic E-state index is 12.3. The lowest BCUT2D eigenvalue weighted by atomic mass is 9.90. The molecule has 0 bridgehead atoms. The summed E-state index contributed by atoms with van der Waals surface area (Å²) in [5.41, 5.74) is 1.92. The van der Waals surface area contributed by atoms with E-state index in [0.29, 0.717) is 18.8 Å². The molecule has 142 valence electrons. The first-order valence-electron chi connectivity index (χ1n) is 8.96. The van der Waals surface area contributed by atoms with Gasteiger partial charge in [-0.25, -0.2) is 4.79 Å². The molecule has 0 saturated carbocycles. The molecule has 2 aliphatic rings. The van der Waals surface area contributed by atoms with Gasteiger partial charge in [0.25, 0.3) is 5.91 Å². The molecule has 2 fully saturated rings. The van der Waals surface area contributed by atoms with Crippen molar-refractivity contribution in [3.63, 3.8) is 0 Å². The van der Waals surface area contributed by atoms with Crippen LogP contribution in [0.15, 0.2) is 48.7 Å². The number of cyclic esters (lactones) is 1. The van der Waals surface area contributed by atoms with E-state index in [1.807, 2.05) is 42.5 Å². The lowest BCUT2D eigenvalue weighted by molar-refractivity contribution is -0.184. The summed E-state index contributed by atoms with van der Waals surface area (Å²) in [7, 11) is 0. The van der Waals surface area contributed by atoms with Gasteiger partial charge in [-0.15, -0.1) is 0 Å². The molecule has 28 heavy (non-hydrogen) atoms. The number of rotatable bonds is 3. The fourth-order valence-electron chi connectivity index (χ4n) is 3.78. The molecule has 0 spiro atoms. The highest BCUT2D eigenvalue weighted by Gasteiger charge is 2.47. The number of amides is 2. The van der Waals surface area contributed by atoms with Crippen LogP contribution in [0.3, 0.4) is 0 Å². The first-order valence-corrected chi connectivity index (χ1v) is 8.96. The highest BCUT2D eigenvalue weighted by Crippen LogP contribution is 2.37. The van der Waals surface area contributed by atoms with Crippen LogP contribution in [0.25, 0.3) is 22.0 Å². The topological polar surface area (TPSA) is 101 Å². The molecule has 7 heteroatoms. The van der Waals surface area contributed by atoms with Gasteiger partial charge in [-0.2, -0.15) is 0 Å². The predicted octanol–water partition coefficient (Wildman–Crippen LogP) is 2.53. The lowest BCUT2D eigenvalue weighted by Crippen LogP contribution is -2.46. The third-order valence-corrected chi connectivity index (χ3v) is 5.58. The van der Waals surface area contributed by atoms with Gasteiger partial charge in [-0.1, -0.05) is 30.3 Å². The molecule has 0 radical (unpaired) electrons. The van der Waals surface area contributed by atoms with E-state index in [9.17, 15) is 14.7 Å². The lowest BCUT2D eigenvalue weighted by Gasteiger charge is -2.36. The Balaban J connectivity index is 1.55. The minimum atomic E-state index is -1.37. The number of fused-ring (bicyclic) bond motifs is 1. The highest BCUT2D eigenvalue weighted by molar-refractivity contribution is 6.05. The van der Waals surface area contributed by atoms with Crippen molar-refractivity contribution in [1.82, 2.24) is 10.3 Å². The second-order valence-corrected chi connectivity index (χ2v) is 7.44. The van der Waals surface area contributed by atoms with Crippen LogP contribution in [0, 0.1) is 0 Å². The number of aliphatic hydroxyl groups is 1. The third-order valence-electron chi connectivity index (χ3n) is 5.58. The van der Waals surface area contributed by atoms with Crippen molar-refractivity contribution < 1.29 is 24.2 Å². The number of hydrogen-bond acceptors (Lipinski definition) is 5. The Morgan fingerprint density at radius 3 is 2.36 bits per heavy atom. The standard InChI is InChI=1S/C21H18N2O5/c1-20(18(24)23-19(25)28-20)16-9-22-17-7-4-13(8-15(16)17)12-2-5-14(6-3-12)21(26)10-27-11-21/h2-9,22,26H,10-11H2,1H3,(H,23,24,25)/t20-/m0/s1. The normalized spacial score (nSPS) is 23.4. The smallest absolute Gasteiger partial charge is 0.415 e. The molecule has 1 aromatic heterocycles. The summed E-state index contributed by atoms with van der Waals surface area (Å²) in [5, 5.41) is 13.4. The van der Waals surface area contributed by atoms with E-state index < -0.39 is 23.2 Å². The molecule has 2 saturated heterocycles. The zero-order valence-electron chi connectivity index (χ0n) is 15.1. The molecule has 2 aromatic carbocycles. The van der Waals surface area contributed by atoms with Crippen molar-refractivity contribution in [2.45, 2.75) is 18.1 Å². The molecule has 3 aromatic rings. The Kier molecular flexibility index (Phi) is 3.44. The van der Waals surface area contributed by atoms with Gasteiger partial charge in [-0.3, -0.25) is 10.1 Å². The molecular weight excluding hydrogens is 360 g/mol. The quantitative estimate of drug-likeness (QED) is 0.650. The van der Waals surface area contributed by atoms with Crippen molar-refractivity contribution in [3.05, 3.63) is 59.8 Å². The fraction of sp³-hybridized carbons (Fsp3) is 0.238. The first kappa shape index (κ1) is 17.0. The van der Waals surface area contributed by atoms with E-state index in [1.54, 1.807) is 13.1 Å². The predicted molar refractivity (Wildman–Crippen MR) is 100 cm³/mol. The van der Waals surface area contributed by atoms with Crippen LogP contribution in [-0.4, -0.2) is 35.3 Å². The molecule has 7 nitrogen and oxygen atoms in total. The molecule has 3 heterocycles. The SMILES string of the molecule is C[C@@]1(c2c[nH]c3ccc(-c4ccc(C5(O)COC5)cc4)cc23)OC(=O)NC1=O. The summed E-state index contributed by atoms with van der Waals surface area (Å²) in [6.07, 6.45) is 0.952. The Morgan fingerprint density at radius 2 is 1.75 bits per heavy atom. The monoisotopic (exact) mass is 378 g/mol. The van der Waals surface area contributed by atoms with Crippen LogP contribution in [-0.2, 0) is 25.5 Å². The summed E-state index contributed by atoms with van der Waals surface area (Å²) in [6, 6.07) is 13.5. The number of carbonyl (C=O) groups is 2. The number of imide groups is 1. The molecule has 5 rings (SSSR count). The van der Waals surface area contributed by atoms with Crippen LogP contribution < -0.4 is 5.32 Å². The van der Waals surface area contributed by atoms with Gasteiger partial charge in [0.05, 0.1) is 13.2 Å². The van der Waals surface area contributed by atoms with E-state index in [4.69, 9.17) is 9.47 Å². The van der Waals surface area contributed by atoms with Crippen molar-refractivity contribution >= 4 is 22.9 Å². The number of benzene rings is 2. The number of alkyl carbamates (subject to hydrolysis) is 1. The van der Waals surface area contributed by atoms with Crippen LogP contribution in [0.5, 0.6) is 0 Å². The van der Waals surface area contributed by atoms with Gasteiger partial charge in [-0.05, 0) is 35.7 Å². The molecule has 0 unspecified atom stereocenters. The fourth-order valence-corrected chi connectivity index (χ4v) is 3.78. The van der Waals surface area contributed by atoms with E-state index in [1.165, 1.54) is 0 Å². The first-order chi connectivity index (χ1) is 13.4. The number of aromatic nitrogens is 1. The van der Waals surface area contributed by atoms with Gasteiger partial charge in [0.15, 0.2) is 0 Å². The zero-order chi connectivity index (χ0) is 19.5. The second-order valence-electron chi connectivity index (χ2n) is 7.44. The maximum atomic E-state index is 12.3. The van der Waals surface area contributed by atoms with Gasteiger partial charge in [0.2, 0.25) is 5.60 Å². The third kappa shape index (κ3) is 2.37. The highest BCUT2D eigenvalue weighted by atomic mass is 16.6. The summed E-state index contributed by atoms with van der Waals surface area (Å²) in [4.78, 5) is 26.9. The zero-order valence-corrected chi connectivity index (χ0v) is 15.1. The summed E-state index contributed by atoms with van der Waals surface area (Å²) in [6.45, 7) is 2.20. The average molecular weight is 378 g/mol. The number of hydrogen-bond donors (Lipinski definition) is 3. The average Bonchev–Trinajstić information content (AvgIpc) is 3.20. The van der Waals surface area contributed by atoms with Crippen molar-refractivity contribution in [2.24, 2.45) is 0 Å². The van der Waals surface area contributed by atoms with Crippen LogP contribution in [0.4, 0.5) is 4.79 Å². The Hall–Kier alpha value is -3.16. The van der Waals surface area contributed by atoms with E-state index in [-0.39, 0.29) is 0 Å². The van der Waals surface area contributed by atoms with E-state index >= 15 is 0 Å². The molecular formula is C21H18N2O5. The minimum absolute atomic E-state index is 0.310. The second kappa shape index (κ2) is 5.67. The van der Waals surface area contributed by atoms with Crippen LogP contribution >= 0.6 is 0 Å². The Labute approximate surface area is 160 Å². The molecule has 2 amide bonds. The van der Waals surface area contributed by atoms with Gasteiger partial charge >= 0.3 is 6.09 Å². The van der Waals surface area contributed by atoms with Crippen molar-refractivity contribution in [1.29, 1.82) is 0 Å². The molecule has 2 aliphatic heterocycles. The van der Waals surface area contributed by atoms with Gasteiger partial charge < -0.3 is 19.6 Å². The van der Waals surface area contributed by atoms with E-state index in [0.717, 1.165) is 27.6 Å². The van der Waals surface area contributed by atoms with Crippen LogP contribution in [0.2, 0.25) is 0 Å². The number of ether oxygens (including phenoxy) is 2. The summed E-state index contributed by atoms with van der Waals surface area (Å²) in [5.74, 6) is -0.482. The number of aromatic amines is 1. The Morgan fingerprint density at radius 1 is 1.04 bits per heavy atom. The number of nitrogens with one attached hydrogen (secondary N) is 2. The largest absolute Gasteiger partial charge is 0.428 e. The number of carbonyl (C=O) groups excluding carboxylic acids is 2. The summed E-state index contributed by atoms with van der Waals surface area (Å²) < 4.78 is 10.4. The minimum Gasteiger partial charge on any atom is -0.428 e. The van der Waals surface area contributed by atoms with Crippen molar-refractivity contribution in [2.75, 3.05) is 13.2 Å². The Bertz CT molecular complexity index is 1110. The maximum Gasteiger partial charge on any atom is 0.415 e. The van der Waals surface area contributed by atoms with Gasteiger partial charge in [0, 0.05) is 22.7 Å². The van der Waals surface area contributed by atoms with Gasteiger partial charge in [0.1, 0.15) is 5.60 Å². The van der Waals surface area contributed by atoms with E-state index in [2.05, 4.69) is 10.3 Å². The molecule has 0 aliphatic carbocycles. The van der Waals surface area contributed by atoms with Crippen LogP contribution in [0.1, 0.15) is 18.1 Å². The van der Waals surface area contributed by atoms with Crippen molar-refractivity contribution in [3.8, 4) is 11.1 Å². The molecule has 1 atom stereocenters. The number of H-pyrrole nitrogens is 1. The summed E-state index contributed by atoms with van der Waals surface area (Å²) >= 11 is 0.